The van der Waals surface area contributed by atoms with Gasteiger partial charge in [-0.2, -0.15) is 0 Å². The highest BCUT2D eigenvalue weighted by Gasteiger charge is 2.30. The Bertz CT molecular complexity index is 424. The summed E-state index contributed by atoms with van der Waals surface area (Å²) in [7, 11) is 0. The summed E-state index contributed by atoms with van der Waals surface area (Å²) in [4.78, 5) is 7.28. The molecule has 0 atom stereocenters. The molecule has 2 rings (SSSR count). The van der Waals surface area contributed by atoms with Crippen LogP contribution >= 0.6 is 0 Å². The van der Waals surface area contributed by atoms with Gasteiger partial charge in [-0.25, -0.2) is 4.98 Å². The molecule has 0 saturated heterocycles. The quantitative estimate of drug-likeness (QED) is 0.785. The van der Waals surface area contributed by atoms with Crippen molar-refractivity contribution < 1.29 is 0 Å². The average Bonchev–Trinajstić information content (AvgIpc) is 3.23. The fourth-order valence-electron chi connectivity index (χ4n) is 2.52. The smallest absolute Gasteiger partial charge is 0.131 e. The summed E-state index contributed by atoms with van der Waals surface area (Å²) in [5.41, 5.74) is 2.60. The van der Waals surface area contributed by atoms with E-state index in [2.05, 4.69) is 44.0 Å². The standard InChI is InChI=1S/C17H29N3/c1-5-6-9-20(16-7-8-16)17-14(4)10-15(12-19-17)11-18-13(2)3/h10,12-13,16,18H,5-9,11H2,1-4H3. The maximum atomic E-state index is 4.76. The topological polar surface area (TPSA) is 28.2 Å². The van der Waals surface area contributed by atoms with Crippen molar-refractivity contribution in [2.24, 2.45) is 0 Å². The number of rotatable bonds is 8. The summed E-state index contributed by atoms with van der Waals surface area (Å²) in [5.74, 6) is 1.20. The molecule has 0 aromatic carbocycles. The first kappa shape index (κ1) is 15.3. The number of nitrogens with zero attached hydrogens (tertiary/aromatic N) is 2. The van der Waals surface area contributed by atoms with Crippen molar-refractivity contribution in [2.75, 3.05) is 11.4 Å². The fraction of sp³-hybridized carbons (Fsp3) is 0.706. The second-order valence-corrected chi connectivity index (χ2v) is 6.30. The van der Waals surface area contributed by atoms with Gasteiger partial charge in [-0.05, 0) is 43.4 Å². The van der Waals surface area contributed by atoms with Crippen LogP contribution in [0.1, 0.15) is 57.6 Å². The van der Waals surface area contributed by atoms with E-state index >= 15 is 0 Å². The van der Waals surface area contributed by atoms with Crippen molar-refractivity contribution in [3.05, 3.63) is 23.4 Å². The van der Waals surface area contributed by atoms with Crippen molar-refractivity contribution in [1.29, 1.82) is 0 Å². The number of hydrogen-bond acceptors (Lipinski definition) is 3. The molecule has 3 heteroatoms. The van der Waals surface area contributed by atoms with Crippen molar-refractivity contribution in [1.82, 2.24) is 10.3 Å². The summed E-state index contributed by atoms with van der Waals surface area (Å²) in [6.07, 6.45) is 7.22. The SMILES string of the molecule is CCCCN(c1ncc(CNC(C)C)cc1C)C1CC1. The second kappa shape index (κ2) is 7.07. The Morgan fingerprint density at radius 3 is 2.70 bits per heavy atom. The molecule has 1 aliphatic carbocycles. The van der Waals surface area contributed by atoms with Gasteiger partial charge >= 0.3 is 0 Å². The predicted molar refractivity (Wildman–Crippen MR) is 86.2 cm³/mol. The van der Waals surface area contributed by atoms with Crippen LogP contribution in [0.15, 0.2) is 12.3 Å². The molecule has 0 aliphatic heterocycles. The van der Waals surface area contributed by atoms with E-state index in [0.717, 1.165) is 19.1 Å². The molecule has 0 amide bonds. The molecule has 1 N–H and O–H groups in total. The number of aryl methyl sites for hydroxylation is 1. The van der Waals surface area contributed by atoms with Gasteiger partial charge in [0.1, 0.15) is 5.82 Å². The van der Waals surface area contributed by atoms with E-state index in [1.165, 1.54) is 42.6 Å². The van der Waals surface area contributed by atoms with Crippen LogP contribution in [0.2, 0.25) is 0 Å². The minimum absolute atomic E-state index is 0.516. The summed E-state index contributed by atoms with van der Waals surface area (Å²) in [6, 6.07) is 3.55. The van der Waals surface area contributed by atoms with Crippen molar-refractivity contribution in [2.45, 2.75) is 72.0 Å². The van der Waals surface area contributed by atoms with Gasteiger partial charge in [-0.1, -0.05) is 27.2 Å². The van der Waals surface area contributed by atoms with Gasteiger partial charge in [0.15, 0.2) is 0 Å². The van der Waals surface area contributed by atoms with E-state index in [1.54, 1.807) is 0 Å². The molecule has 20 heavy (non-hydrogen) atoms. The first-order valence-electron chi connectivity index (χ1n) is 8.07. The Hall–Kier alpha value is -1.09. The van der Waals surface area contributed by atoms with Gasteiger partial charge in [0, 0.05) is 31.4 Å². The molecule has 0 spiro atoms. The van der Waals surface area contributed by atoms with Crippen LogP contribution < -0.4 is 10.2 Å². The highest BCUT2D eigenvalue weighted by Crippen LogP contribution is 2.32. The highest BCUT2D eigenvalue weighted by molar-refractivity contribution is 5.49. The lowest BCUT2D eigenvalue weighted by molar-refractivity contribution is 0.587. The molecule has 1 fully saturated rings. The van der Waals surface area contributed by atoms with E-state index in [-0.39, 0.29) is 0 Å². The zero-order chi connectivity index (χ0) is 14.5. The molecule has 112 valence electrons. The normalized spacial score (nSPS) is 14.8. The van der Waals surface area contributed by atoms with Crippen LogP contribution in [0.25, 0.3) is 0 Å². The lowest BCUT2D eigenvalue weighted by Crippen LogP contribution is -2.28. The molecule has 1 heterocycles. The number of hydrogen-bond donors (Lipinski definition) is 1. The van der Waals surface area contributed by atoms with Gasteiger partial charge in [-0.3, -0.25) is 0 Å². The lowest BCUT2D eigenvalue weighted by Gasteiger charge is -2.25. The van der Waals surface area contributed by atoms with Gasteiger partial charge in [-0.15, -0.1) is 0 Å². The Balaban J connectivity index is 2.06. The maximum Gasteiger partial charge on any atom is 0.131 e. The number of aromatic nitrogens is 1. The lowest BCUT2D eigenvalue weighted by atomic mass is 10.1. The van der Waals surface area contributed by atoms with Crippen LogP contribution in [0.3, 0.4) is 0 Å². The van der Waals surface area contributed by atoms with Gasteiger partial charge in [0.25, 0.3) is 0 Å². The third kappa shape index (κ3) is 4.20. The molecule has 0 radical (unpaired) electrons. The van der Waals surface area contributed by atoms with E-state index in [9.17, 15) is 0 Å². The molecular formula is C17H29N3. The van der Waals surface area contributed by atoms with E-state index in [1.807, 2.05) is 6.20 Å². The maximum absolute atomic E-state index is 4.76. The highest BCUT2D eigenvalue weighted by atomic mass is 15.2. The predicted octanol–water partition coefficient (Wildman–Crippen LogP) is 3.66. The zero-order valence-corrected chi connectivity index (χ0v) is 13.4. The summed E-state index contributed by atoms with van der Waals surface area (Å²) >= 11 is 0. The molecule has 3 nitrogen and oxygen atoms in total. The summed E-state index contributed by atoms with van der Waals surface area (Å²) < 4.78 is 0. The first-order chi connectivity index (χ1) is 9.61. The van der Waals surface area contributed by atoms with E-state index in [0.29, 0.717) is 6.04 Å². The minimum Gasteiger partial charge on any atom is -0.353 e. The minimum atomic E-state index is 0.516. The third-order valence-electron chi connectivity index (χ3n) is 3.83. The van der Waals surface area contributed by atoms with Gasteiger partial charge in [0.2, 0.25) is 0 Å². The van der Waals surface area contributed by atoms with Gasteiger partial charge < -0.3 is 10.2 Å². The zero-order valence-electron chi connectivity index (χ0n) is 13.4. The molecule has 0 bridgehead atoms. The van der Waals surface area contributed by atoms with Crippen LogP contribution in [-0.4, -0.2) is 23.6 Å². The molecule has 1 aromatic heterocycles. The number of pyridine rings is 1. The molecule has 1 aliphatic rings. The van der Waals surface area contributed by atoms with Crippen molar-refractivity contribution >= 4 is 5.82 Å². The Morgan fingerprint density at radius 1 is 1.40 bits per heavy atom. The van der Waals surface area contributed by atoms with Crippen molar-refractivity contribution in [3.8, 4) is 0 Å². The van der Waals surface area contributed by atoms with Crippen LogP contribution in [0, 0.1) is 6.92 Å². The van der Waals surface area contributed by atoms with E-state index in [4.69, 9.17) is 4.98 Å². The number of nitrogens with one attached hydrogen (secondary N) is 1. The monoisotopic (exact) mass is 275 g/mol. The van der Waals surface area contributed by atoms with Crippen LogP contribution in [0.4, 0.5) is 5.82 Å². The third-order valence-corrected chi connectivity index (χ3v) is 3.83. The summed E-state index contributed by atoms with van der Waals surface area (Å²) in [6.45, 7) is 10.9. The average molecular weight is 275 g/mol. The molecule has 0 unspecified atom stereocenters. The van der Waals surface area contributed by atoms with Crippen LogP contribution in [0.5, 0.6) is 0 Å². The largest absolute Gasteiger partial charge is 0.353 e. The Labute approximate surface area is 123 Å². The summed E-state index contributed by atoms with van der Waals surface area (Å²) in [5, 5.41) is 3.45. The molecule has 1 saturated carbocycles. The Kier molecular flexibility index (Phi) is 5.41. The molecular weight excluding hydrogens is 246 g/mol. The Morgan fingerprint density at radius 2 is 2.15 bits per heavy atom. The number of anilines is 1. The number of unbranched alkanes of at least 4 members (excludes halogenated alkanes) is 1. The van der Waals surface area contributed by atoms with Crippen LogP contribution in [-0.2, 0) is 6.54 Å². The van der Waals surface area contributed by atoms with Gasteiger partial charge in [0.05, 0.1) is 0 Å². The fourth-order valence-corrected chi connectivity index (χ4v) is 2.52. The first-order valence-corrected chi connectivity index (χ1v) is 8.07. The second-order valence-electron chi connectivity index (χ2n) is 6.30. The van der Waals surface area contributed by atoms with E-state index < -0.39 is 0 Å². The van der Waals surface area contributed by atoms with Crippen molar-refractivity contribution in [3.63, 3.8) is 0 Å². The molecule has 1 aromatic rings.